The quantitative estimate of drug-likeness (QED) is 0.779. The van der Waals surface area contributed by atoms with Crippen LogP contribution < -0.4 is 10.7 Å². The number of hydrazine groups is 1. The van der Waals surface area contributed by atoms with Crippen molar-refractivity contribution in [3.63, 3.8) is 0 Å². The highest BCUT2D eigenvalue weighted by Gasteiger charge is 2.36. The number of carbonyl (C=O) groups excluding carboxylic acids is 1. The normalized spacial score (nSPS) is 19.8. The molecule has 5 nitrogen and oxygen atoms in total. The van der Waals surface area contributed by atoms with Gasteiger partial charge >= 0.3 is 0 Å². The number of nitrogens with zero attached hydrogens (tertiary/aromatic N) is 2. The fourth-order valence-electron chi connectivity index (χ4n) is 2.02. The Balaban J connectivity index is 2.41. The molecule has 0 aliphatic carbocycles. The minimum Gasteiger partial charge on any atom is -0.480 e. The van der Waals surface area contributed by atoms with Crippen LogP contribution in [0.5, 0.6) is 0 Å². The molecule has 1 aromatic carbocycles. The van der Waals surface area contributed by atoms with E-state index in [4.69, 9.17) is 10.5 Å². The molecular formula is C12H15N3O2. The van der Waals surface area contributed by atoms with Crippen molar-refractivity contribution in [1.82, 2.24) is 5.01 Å². The lowest BCUT2D eigenvalue weighted by molar-refractivity contribution is -0.108. The van der Waals surface area contributed by atoms with Gasteiger partial charge in [0, 0.05) is 7.05 Å². The molecule has 2 N–H and O–H groups in total. The molecule has 0 saturated heterocycles. The summed E-state index contributed by atoms with van der Waals surface area (Å²) in [5.41, 5.74) is 7.22. The lowest BCUT2D eigenvalue weighted by Gasteiger charge is -2.31. The van der Waals surface area contributed by atoms with Crippen molar-refractivity contribution >= 4 is 12.0 Å². The van der Waals surface area contributed by atoms with Gasteiger partial charge in [-0.3, -0.25) is 10.0 Å². The van der Waals surface area contributed by atoms with E-state index < -0.39 is 6.04 Å². The Morgan fingerprint density at radius 2 is 2.00 bits per heavy atom. The predicted octanol–water partition coefficient (Wildman–Crippen LogP) is 0.695. The molecule has 17 heavy (non-hydrogen) atoms. The summed E-state index contributed by atoms with van der Waals surface area (Å²) in [6.45, 7) is 0. The van der Waals surface area contributed by atoms with Gasteiger partial charge < -0.3 is 15.3 Å². The van der Waals surface area contributed by atoms with Crippen LogP contribution in [0.15, 0.2) is 41.9 Å². The number of ether oxygens (including phenoxy) is 1. The van der Waals surface area contributed by atoms with Crippen molar-refractivity contribution in [3.8, 4) is 0 Å². The Morgan fingerprint density at radius 3 is 2.53 bits per heavy atom. The van der Waals surface area contributed by atoms with E-state index in [9.17, 15) is 4.79 Å². The minimum atomic E-state index is -0.516. The zero-order valence-electron chi connectivity index (χ0n) is 9.83. The molecule has 1 atom stereocenters. The molecule has 0 amide bonds. The Kier molecular flexibility index (Phi) is 2.91. The molecule has 0 spiro atoms. The third kappa shape index (κ3) is 1.69. The number of nitrogens with two attached hydrogens (primary N) is 1. The van der Waals surface area contributed by atoms with Gasteiger partial charge in [0.05, 0.1) is 12.8 Å². The van der Waals surface area contributed by atoms with E-state index in [0.29, 0.717) is 11.6 Å². The van der Waals surface area contributed by atoms with Gasteiger partial charge in [-0.05, 0) is 12.1 Å². The number of hydrogen-bond acceptors (Lipinski definition) is 5. The van der Waals surface area contributed by atoms with Gasteiger partial charge in [-0.1, -0.05) is 18.2 Å². The van der Waals surface area contributed by atoms with Gasteiger partial charge in [0.15, 0.2) is 12.3 Å². The molecule has 0 radical (unpaired) electrons. The highest BCUT2D eigenvalue weighted by atomic mass is 16.5. The van der Waals surface area contributed by atoms with Crippen molar-refractivity contribution in [3.05, 3.63) is 41.9 Å². The standard InChI is InChI=1S/C12H15N3O2/c1-14-12(17-2)11(13)10(8-16)15(14)9-6-4-3-5-7-9/h3-8,10H,13H2,1-2H3. The molecule has 1 heterocycles. The molecule has 0 saturated carbocycles. The molecule has 5 heteroatoms. The van der Waals surface area contributed by atoms with Crippen LogP contribution in [0.4, 0.5) is 5.69 Å². The van der Waals surface area contributed by atoms with Crippen LogP contribution in [0.3, 0.4) is 0 Å². The number of hydrogen-bond donors (Lipinski definition) is 1. The number of anilines is 1. The third-order valence-electron chi connectivity index (χ3n) is 2.79. The molecule has 1 unspecified atom stereocenters. The van der Waals surface area contributed by atoms with Crippen molar-refractivity contribution in [2.24, 2.45) is 5.73 Å². The second-order valence-electron chi connectivity index (χ2n) is 3.75. The van der Waals surface area contributed by atoms with E-state index in [-0.39, 0.29) is 0 Å². The van der Waals surface area contributed by atoms with Crippen LogP contribution in [-0.2, 0) is 9.53 Å². The first-order valence-corrected chi connectivity index (χ1v) is 5.27. The first-order valence-electron chi connectivity index (χ1n) is 5.27. The van der Waals surface area contributed by atoms with E-state index >= 15 is 0 Å². The molecule has 0 aromatic heterocycles. The van der Waals surface area contributed by atoms with Crippen molar-refractivity contribution < 1.29 is 9.53 Å². The third-order valence-corrected chi connectivity index (χ3v) is 2.79. The van der Waals surface area contributed by atoms with Crippen LogP contribution in [0.1, 0.15) is 0 Å². The van der Waals surface area contributed by atoms with Gasteiger partial charge in [0.2, 0.25) is 5.88 Å². The van der Waals surface area contributed by atoms with Gasteiger partial charge in [-0.25, -0.2) is 0 Å². The molecule has 0 fully saturated rings. The summed E-state index contributed by atoms with van der Waals surface area (Å²) in [4.78, 5) is 11.2. The van der Waals surface area contributed by atoms with Gasteiger partial charge in [-0.15, -0.1) is 0 Å². The van der Waals surface area contributed by atoms with Gasteiger partial charge in [0.25, 0.3) is 0 Å². The molecule has 1 aromatic rings. The van der Waals surface area contributed by atoms with Crippen LogP contribution in [-0.4, -0.2) is 31.5 Å². The Morgan fingerprint density at radius 1 is 1.35 bits per heavy atom. The summed E-state index contributed by atoms with van der Waals surface area (Å²) >= 11 is 0. The second-order valence-corrected chi connectivity index (χ2v) is 3.75. The fraction of sp³-hybridized carbons (Fsp3) is 0.250. The molecule has 1 aliphatic heterocycles. The zero-order chi connectivity index (χ0) is 12.4. The van der Waals surface area contributed by atoms with E-state index in [0.717, 1.165) is 12.0 Å². The van der Waals surface area contributed by atoms with E-state index in [2.05, 4.69) is 0 Å². The lowest BCUT2D eigenvalue weighted by Crippen LogP contribution is -2.42. The van der Waals surface area contributed by atoms with Crippen molar-refractivity contribution in [1.29, 1.82) is 0 Å². The number of benzene rings is 1. The topological polar surface area (TPSA) is 58.8 Å². The predicted molar refractivity (Wildman–Crippen MR) is 64.8 cm³/mol. The number of aldehydes is 1. The molecule has 90 valence electrons. The number of para-hydroxylation sites is 1. The lowest BCUT2D eigenvalue weighted by atomic mass is 10.2. The van der Waals surface area contributed by atoms with E-state index in [1.807, 2.05) is 37.4 Å². The summed E-state index contributed by atoms with van der Waals surface area (Å²) in [6.07, 6.45) is 0.810. The van der Waals surface area contributed by atoms with E-state index in [1.54, 1.807) is 10.0 Å². The van der Waals surface area contributed by atoms with Gasteiger partial charge in [-0.2, -0.15) is 0 Å². The average molecular weight is 233 g/mol. The molecule has 1 aliphatic rings. The van der Waals surface area contributed by atoms with Crippen LogP contribution >= 0.6 is 0 Å². The Bertz CT molecular complexity index is 444. The first-order chi connectivity index (χ1) is 8.20. The largest absolute Gasteiger partial charge is 0.480 e. The summed E-state index contributed by atoms with van der Waals surface area (Å²) in [7, 11) is 3.34. The average Bonchev–Trinajstić information content (AvgIpc) is 2.61. The summed E-state index contributed by atoms with van der Waals surface area (Å²) in [6, 6.07) is 9.05. The monoisotopic (exact) mass is 233 g/mol. The zero-order valence-corrected chi connectivity index (χ0v) is 9.83. The molecule has 0 bridgehead atoms. The maximum absolute atomic E-state index is 11.2. The molecular weight excluding hydrogens is 218 g/mol. The maximum Gasteiger partial charge on any atom is 0.230 e. The number of methoxy groups -OCH3 is 1. The second kappa shape index (κ2) is 4.37. The van der Waals surface area contributed by atoms with Crippen LogP contribution in [0, 0.1) is 0 Å². The molecule has 2 rings (SSSR count). The van der Waals surface area contributed by atoms with Crippen molar-refractivity contribution in [2.75, 3.05) is 19.2 Å². The van der Waals surface area contributed by atoms with Crippen molar-refractivity contribution in [2.45, 2.75) is 6.04 Å². The number of carbonyl (C=O) groups is 1. The smallest absolute Gasteiger partial charge is 0.230 e. The van der Waals surface area contributed by atoms with E-state index in [1.165, 1.54) is 7.11 Å². The highest BCUT2D eigenvalue weighted by Crippen LogP contribution is 2.29. The van der Waals surface area contributed by atoms with Crippen LogP contribution in [0.2, 0.25) is 0 Å². The Hall–Kier alpha value is -2.17. The summed E-state index contributed by atoms with van der Waals surface area (Å²) < 4.78 is 5.20. The number of rotatable bonds is 3. The van der Waals surface area contributed by atoms with Gasteiger partial charge in [0.1, 0.15) is 5.70 Å². The summed E-state index contributed by atoms with van der Waals surface area (Å²) in [5, 5.41) is 3.53. The van der Waals surface area contributed by atoms with Crippen LogP contribution in [0.25, 0.3) is 0 Å². The maximum atomic E-state index is 11.2. The first kappa shape index (κ1) is 11.3. The summed E-state index contributed by atoms with van der Waals surface area (Å²) in [5.74, 6) is 0.506. The fourth-order valence-corrected chi connectivity index (χ4v) is 2.02. The SMILES string of the molecule is COC1=C(N)C(C=O)N(c2ccccc2)N1C. The highest BCUT2D eigenvalue weighted by molar-refractivity contribution is 5.72. The Labute approximate surface area is 100 Å². The minimum absolute atomic E-state index is 0.425.